The van der Waals surface area contributed by atoms with E-state index in [1.807, 2.05) is 0 Å². The monoisotopic (exact) mass is 357 g/mol. The third-order valence-corrected chi connectivity index (χ3v) is 4.05. The lowest BCUT2D eigenvalue weighted by molar-refractivity contribution is -0.116. The number of halogens is 1. The molecule has 0 radical (unpaired) electrons. The number of rotatable bonds is 5. The van der Waals surface area contributed by atoms with Crippen LogP contribution in [-0.2, 0) is 16.0 Å². The molecule has 2 aromatic rings. The molecule has 134 valence electrons. The van der Waals surface area contributed by atoms with Gasteiger partial charge in [0.1, 0.15) is 11.6 Å². The number of carbonyl (C=O) groups excluding carboxylic acids is 3. The SMILES string of the molecule is COc1ccc(C(=O)OCC(=O)c2ccc3c(c2)CCC(=O)N3)c(F)c1. The topological polar surface area (TPSA) is 81.7 Å². The molecule has 6 nitrogen and oxygen atoms in total. The minimum atomic E-state index is -0.927. The van der Waals surface area contributed by atoms with Gasteiger partial charge >= 0.3 is 5.97 Å². The summed E-state index contributed by atoms with van der Waals surface area (Å²) in [6.45, 7) is -0.505. The highest BCUT2D eigenvalue weighted by Gasteiger charge is 2.19. The lowest BCUT2D eigenvalue weighted by atomic mass is 9.99. The van der Waals surface area contributed by atoms with Gasteiger partial charge < -0.3 is 14.8 Å². The van der Waals surface area contributed by atoms with Crippen molar-refractivity contribution in [2.45, 2.75) is 12.8 Å². The Balaban J connectivity index is 1.65. The number of ether oxygens (including phenoxy) is 2. The van der Waals surface area contributed by atoms with E-state index in [0.717, 1.165) is 11.6 Å². The molecular weight excluding hydrogens is 341 g/mol. The summed E-state index contributed by atoms with van der Waals surface area (Å²) in [5.74, 6) is -1.91. The fraction of sp³-hybridized carbons (Fsp3) is 0.211. The lowest BCUT2D eigenvalue weighted by Crippen LogP contribution is -2.20. The third kappa shape index (κ3) is 3.72. The first-order valence-corrected chi connectivity index (χ1v) is 7.94. The van der Waals surface area contributed by atoms with Crippen LogP contribution in [0.2, 0.25) is 0 Å². The molecule has 0 saturated carbocycles. The van der Waals surface area contributed by atoms with Crippen molar-refractivity contribution in [3.8, 4) is 5.75 Å². The van der Waals surface area contributed by atoms with Crippen molar-refractivity contribution in [1.29, 1.82) is 0 Å². The number of hydrogen-bond donors (Lipinski definition) is 1. The molecule has 0 saturated heterocycles. The van der Waals surface area contributed by atoms with E-state index in [-0.39, 0.29) is 17.2 Å². The second-order valence-corrected chi connectivity index (χ2v) is 5.77. The highest BCUT2D eigenvalue weighted by atomic mass is 19.1. The van der Waals surface area contributed by atoms with E-state index in [4.69, 9.17) is 9.47 Å². The number of ketones is 1. The van der Waals surface area contributed by atoms with Gasteiger partial charge in [-0.05, 0) is 42.3 Å². The van der Waals surface area contributed by atoms with Gasteiger partial charge in [0.15, 0.2) is 12.4 Å². The number of amides is 1. The number of benzene rings is 2. The summed E-state index contributed by atoms with van der Waals surface area (Å²) in [5, 5.41) is 2.73. The Morgan fingerprint density at radius 1 is 1.15 bits per heavy atom. The molecule has 1 aliphatic heterocycles. The Morgan fingerprint density at radius 3 is 2.69 bits per heavy atom. The maximum Gasteiger partial charge on any atom is 0.341 e. The summed E-state index contributed by atoms with van der Waals surface area (Å²) < 4.78 is 23.6. The van der Waals surface area contributed by atoms with Crippen molar-refractivity contribution in [3.05, 3.63) is 58.9 Å². The molecule has 0 aliphatic carbocycles. The third-order valence-electron chi connectivity index (χ3n) is 4.05. The van der Waals surface area contributed by atoms with Crippen LogP contribution < -0.4 is 10.1 Å². The Kier molecular flexibility index (Phi) is 4.97. The van der Waals surface area contributed by atoms with E-state index >= 15 is 0 Å². The van der Waals surface area contributed by atoms with Crippen molar-refractivity contribution >= 4 is 23.3 Å². The van der Waals surface area contributed by atoms with Crippen LogP contribution in [0.3, 0.4) is 0 Å². The van der Waals surface area contributed by atoms with Crippen molar-refractivity contribution in [2.75, 3.05) is 19.0 Å². The highest BCUT2D eigenvalue weighted by Crippen LogP contribution is 2.24. The smallest absolute Gasteiger partial charge is 0.341 e. The molecule has 1 heterocycles. The molecule has 26 heavy (non-hydrogen) atoms. The van der Waals surface area contributed by atoms with Crippen molar-refractivity contribution in [1.82, 2.24) is 0 Å². The number of esters is 1. The Hall–Kier alpha value is -3.22. The zero-order valence-corrected chi connectivity index (χ0v) is 14.0. The summed E-state index contributed by atoms with van der Waals surface area (Å²) in [5.41, 5.74) is 1.62. The molecule has 1 aliphatic rings. The fourth-order valence-corrected chi connectivity index (χ4v) is 2.64. The molecule has 0 unspecified atom stereocenters. The quantitative estimate of drug-likeness (QED) is 0.657. The first kappa shape index (κ1) is 17.6. The average Bonchev–Trinajstić information content (AvgIpc) is 2.65. The van der Waals surface area contributed by atoms with Crippen LogP contribution in [0.5, 0.6) is 5.75 Å². The molecule has 0 atom stereocenters. The zero-order chi connectivity index (χ0) is 18.7. The van der Waals surface area contributed by atoms with Crippen LogP contribution >= 0.6 is 0 Å². The van der Waals surface area contributed by atoms with Crippen LogP contribution in [0.25, 0.3) is 0 Å². The number of fused-ring (bicyclic) bond motifs is 1. The van der Waals surface area contributed by atoms with E-state index in [0.29, 0.717) is 24.1 Å². The van der Waals surface area contributed by atoms with Crippen LogP contribution in [-0.4, -0.2) is 31.4 Å². The molecule has 2 aromatic carbocycles. The van der Waals surface area contributed by atoms with Crippen molar-refractivity contribution < 1.29 is 28.2 Å². The van der Waals surface area contributed by atoms with E-state index in [1.165, 1.54) is 19.2 Å². The van der Waals surface area contributed by atoms with Crippen LogP contribution in [0, 0.1) is 5.82 Å². The van der Waals surface area contributed by atoms with Gasteiger partial charge in [0.05, 0.1) is 12.7 Å². The first-order valence-electron chi connectivity index (χ1n) is 7.94. The predicted molar refractivity (Wildman–Crippen MR) is 91.0 cm³/mol. The molecule has 7 heteroatoms. The minimum Gasteiger partial charge on any atom is -0.497 e. The number of nitrogens with one attached hydrogen (secondary N) is 1. The maximum absolute atomic E-state index is 13.9. The number of methoxy groups -OCH3 is 1. The molecule has 0 spiro atoms. The number of hydrogen-bond acceptors (Lipinski definition) is 5. The Labute approximate surface area is 148 Å². The summed E-state index contributed by atoms with van der Waals surface area (Å²) in [4.78, 5) is 35.6. The number of carbonyl (C=O) groups is 3. The average molecular weight is 357 g/mol. The lowest BCUT2D eigenvalue weighted by Gasteiger charge is -2.17. The van der Waals surface area contributed by atoms with Gasteiger partial charge in [0.25, 0.3) is 0 Å². The highest BCUT2D eigenvalue weighted by molar-refractivity contribution is 6.01. The molecule has 0 aromatic heterocycles. The number of Topliss-reactive ketones (excluding diaryl/α,β-unsaturated/α-hetero) is 1. The summed E-state index contributed by atoms with van der Waals surface area (Å²) in [6.07, 6.45) is 0.898. The molecule has 1 N–H and O–H groups in total. The van der Waals surface area contributed by atoms with E-state index in [9.17, 15) is 18.8 Å². The van der Waals surface area contributed by atoms with E-state index in [2.05, 4.69) is 5.32 Å². The van der Waals surface area contributed by atoms with E-state index < -0.39 is 24.2 Å². The second-order valence-electron chi connectivity index (χ2n) is 5.77. The second kappa shape index (κ2) is 7.35. The summed E-state index contributed by atoms with van der Waals surface area (Å²) in [7, 11) is 1.38. The summed E-state index contributed by atoms with van der Waals surface area (Å²) in [6, 6.07) is 8.59. The molecule has 1 amide bonds. The maximum atomic E-state index is 13.9. The van der Waals surface area contributed by atoms with Gasteiger partial charge in [-0.1, -0.05) is 0 Å². The molecule has 3 rings (SSSR count). The summed E-state index contributed by atoms with van der Waals surface area (Å²) >= 11 is 0. The van der Waals surface area contributed by atoms with Gasteiger partial charge in [-0.15, -0.1) is 0 Å². The van der Waals surface area contributed by atoms with Crippen molar-refractivity contribution in [3.63, 3.8) is 0 Å². The van der Waals surface area contributed by atoms with Gasteiger partial charge in [-0.25, -0.2) is 9.18 Å². The van der Waals surface area contributed by atoms with Gasteiger partial charge in [-0.2, -0.15) is 0 Å². The van der Waals surface area contributed by atoms with E-state index in [1.54, 1.807) is 18.2 Å². The number of aryl methyl sites for hydroxylation is 1. The zero-order valence-electron chi connectivity index (χ0n) is 14.0. The Bertz CT molecular complexity index is 893. The van der Waals surface area contributed by atoms with Gasteiger partial charge in [0.2, 0.25) is 5.91 Å². The number of anilines is 1. The van der Waals surface area contributed by atoms with Crippen molar-refractivity contribution in [2.24, 2.45) is 0 Å². The van der Waals surface area contributed by atoms with Gasteiger partial charge in [0, 0.05) is 23.7 Å². The first-order chi connectivity index (χ1) is 12.5. The van der Waals surface area contributed by atoms with Crippen LogP contribution in [0.4, 0.5) is 10.1 Å². The van der Waals surface area contributed by atoms with Crippen LogP contribution in [0.15, 0.2) is 36.4 Å². The van der Waals surface area contributed by atoms with Crippen LogP contribution in [0.1, 0.15) is 32.7 Å². The standard InChI is InChI=1S/C19H16FNO5/c1-25-13-4-5-14(15(20)9-13)19(24)26-10-17(22)12-2-6-16-11(8-12)3-7-18(23)21-16/h2,4-6,8-9H,3,7,10H2,1H3,(H,21,23). The molecule has 0 fully saturated rings. The Morgan fingerprint density at radius 2 is 1.96 bits per heavy atom. The van der Waals surface area contributed by atoms with Gasteiger partial charge in [-0.3, -0.25) is 9.59 Å². The fourth-order valence-electron chi connectivity index (χ4n) is 2.64. The predicted octanol–water partition coefficient (Wildman–Crippen LogP) is 2.76. The minimum absolute atomic E-state index is 0.0629. The molecule has 0 bridgehead atoms. The molecular formula is C19H16FNO5. The normalized spacial score (nSPS) is 12.8. The largest absolute Gasteiger partial charge is 0.497 e.